The Morgan fingerprint density at radius 1 is 1.88 bits per heavy atom. The zero-order valence-electron chi connectivity index (χ0n) is 5.31. The van der Waals surface area contributed by atoms with Crippen LogP contribution in [0.3, 0.4) is 0 Å². The van der Waals surface area contributed by atoms with Crippen molar-refractivity contribution in [3.05, 3.63) is 12.3 Å². The molecule has 1 aliphatic heterocycles. The highest BCUT2D eigenvalue weighted by atomic mass is 16.5. The molecule has 1 saturated heterocycles. The minimum absolute atomic E-state index is 0.681. The molecule has 0 aromatic carbocycles. The van der Waals surface area contributed by atoms with Gasteiger partial charge >= 0.3 is 0 Å². The van der Waals surface area contributed by atoms with Gasteiger partial charge in [-0.2, -0.15) is 0 Å². The Balaban J connectivity index is 2.17. The van der Waals surface area contributed by atoms with Crippen molar-refractivity contribution >= 4 is 0 Å². The molecule has 1 rings (SSSR count). The molecule has 0 radical (unpaired) electrons. The maximum Gasteiger partial charge on any atom is 0.0975 e. The van der Waals surface area contributed by atoms with Crippen LogP contribution in [0.4, 0.5) is 0 Å². The quantitative estimate of drug-likeness (QED) is 0.530. The lowest BCUT2D eigenvalue weighted by atomic mass is 9.99. The van der Waals surface area contributed by atoms with Crippen molar-refractivity contribution in [2.75, 3.05) is 6.61 Å². The van der Waals surface area contributed by atoms with Gasteiger partial charge in [-0.25, -0.2) is 0 Å². The first-order valence-corrected chi connectivity index (χ1v) is 3.16. The fraction of sp³-hybridized carbons (Fsp3) is 0.714. The molecule has 0 saturated carbocycles. The average molecular weight is 112 g/mol. The summed E-state index contributed by atoms with van der Waals surface area (Å²) in [5.41, 5.74) is 0. The van der Waals surface area contributed by atoms with Gasteiger partial charge in [0.2, 0.25) is 0 Å². The van der Waals surface area contributed by atoms with Crippen LogP contribution in [0.5, 0.6) is 0 Å². The van der Waals surface area contributed by atoms with Crippen LogP contribution in [-0.2, 0) is 4.74 Å². The van der Waals surface area contributed by atoms with Crippen LogP contribution >= 0.6 is 0 Å². The van der Waals surface area contributed by atoms with Gasteiger partial charge in [-0.3, -0.25) is 0 Å². The molecule has 1 atom stereocenters. The molecule has 0 amide bonds. The Kier molecular flexibility index (Phi) is 1.56. The van der Waals surface area contributed by atoms with E-state index in [4.69, 9.17) is 4.74 Å². The van der Waals surface area contributed by atoms with Gasteiger partial charge in [0.15, 0.2) is 0 Å². The maximum atomic E-state index is 5.00. The van der Waals surface area contributed by atoms with Crippen LogP contribution in [0.15, 0.2) is 12.3 Å². The second kappa shape index (κ2) is 2.21. The van der Waals surface area contributed by atoms with Gasteiger partial charge in [-0.15, -0.1) is 0 Å². The number of rotatable bonds is 2. The summed E-state index contributed by atoms with van der Waals surface area (Å²) in [6.07, 6.45) is 2.49. The first-order valence-electron chi connectivity index (χ1n) is 3.16. The van der Waals surface area contributed by atoms with Crippen LogP contribution in [0, 0.1) is 5.92 Å². The molecule has 1 unspecified atom stereocenters. The van der Waals surface area contributed by atoms with Crippen molar-refractivity contribution < 1.29 is 4.74 Å². The van der Waals surface area contributed by atoms with E-state index < -0.39 is 0 Å². The predicted molar refractivity (Wildman–Crippen MR) is 33.5 cm³/mol. The molecular weight excluding hydrogens is 100 g/mol. The van der Waals surface area contributed by atoms with Crippen LogP contribution in [0.25, 0.3) is 0 Å². The molecule has 1 heteroatoms. The minimum atomic E-state index is 0.681. The first kappa shape index (κ1) is 5.67. The monoisotopic (exact) mass is 112 g/mol. The van der Waals surface area contributed by atoms with E-state index in [9.17, 15) is 0 Å². The van der Waals surface area contributed by atoms with Crippen molar-refractivity contribution in [3.63, 3.8) is 0 Å². The van der Waals surface area contributed by atoms with Gasteiger partial charge in [0.05, 0.1) is 12.4 Å². The molecule has 1 fully saturated rings. The SMILES string of the molecule is C=C1OCC1CCC. The highest BCUT2D eigenvalue weighted by molar-refractivity contribution is 4.98. The standard InChI is InChI=1S/C7H12O/c1-3-4-7-5-8-6(7)2/h7H,2-5H2,1H3. The van der Waals surface area contributed by atoms with E-state index in [1.165, 1.54) is 12.8 Å². The van der Waals surface area contributed by atoms with Gasteiger partial charge in [0.1, 0.15) is 0 Å². The van der Waals surface area contributed by atoms with Crippen molar-refractivity contribution in [3.8, 4) is 0 Å². The summed E-state index contributed by atoms with van der Waals surface area (Å²) in [5, 5.41) is 0. The van der Waals surface area contributed by atoms with E-state index in [0.717, 1.165) is 12.4 Å². The summed E-state index contributed by atoms with van der Waals surface area (Å²) in [6, 6.07) is 0. The van der Waals surface area contributed by atoms with Crippen molar-refractivity contribution in [1.82, 2.24) is 0 Å². The third-order valence-electron chi connectivity index (χ3n) is 1.56. The minimum Gasteiger partial charge on any atom is -0.497 e. The molecule has 8 heavy (non-hydrogen) atoms. The Bertz CT molecular complexity index is 96.6. The number of hydrogen-bond donors (Lipinski definition) is 0. The molecule has 1 nitrogen and oxygen atoms in total. The summed E-state index contributed by atoms with van der Waals surface area (Å²) < 4.78 is 5.00. The maximum absolute atomic E-state index is 5.00. The fourth-order valence-corrected chi connectivity index (χ4v) is 0.912. The summed E-state index contributed by atoms with van der Waals surface area (Å²) in [7, 11) is 0. The third-order valence-corrected chi connectivity index (χ3v) is 1.56. The van der Waals surface area contributed by atoms with Crippen LogP contribution < -0.4 is 0 Å². The van der Waals surface area contributed by atoms with E-state index in [1.807, 2.05) is 0 Å². The summed E-state index contributed by atoms with van der Waals surface area (Å²) in [4.78, 5) is 0. The van der Waals surface area contributed by atoms with Gasteiger partial charge in [-0.05, 0) is 6.42 Å². The van der Waals surface area contributed by atoms with Gasteiger partial charge in [0, 0.05) is 5.92 Å². The highest BCUT2D eigenvalue weighted by Crippen LogP contribution is 2.26. The Labute approximate surface area is 50.3 Å². The molecule has 0 aliphatic carbocycles. The van der Waals surface area contributed by atoms with E-state index in [0.29, 0.717) is 5.92 Å². The molecular formula is C7H12O. The molecule has 1 heterocycles. The predicted octanol–water partition coefficient (Wildman–Crippen LogP) is 1.95. The van der Waals surface area contributed by atoms with E-state index in [1.54, 1.807) is 0 Å². The van der Waals surface area contributed by atoms with E-state index >= 15 is 0 Å². The molecule has 0 bridgehead atoms. The Morgan fingerprint density at radius 3 is 2.75 bits per heavy atom. The lowest BCUT2D eigenvalue weighted by Gasteiger charge is -2.29. The van der Waals surface area contributed by atoms with Crippen LogP contribution in [0.1, 0.15) is 19.8 Å². The van der Waals surface area contributed by atoms with Gasteiger partial charge < -0.3 is 4.74 Å². The Hall–Kier alpha value is -0.460. The van der Waals surface area contributed by atoms with Crippen LogP contribution in [0.2, 0.25) is 0 Å². The molecule has 0 aromatic heterocycles. The van der Waals surface area contributed by atoms with Gasteiger partial charge in [0.25, 0.3) is 0 Å². The van der Waals surface area contributed by atoms with E-state index in [-0.39, 0.29) is 0 Å². The molecule has 1 aliphatic rings. The van der Waals surface area contributed by atoms with Crippen molar-refractivity contribution in [2.45, 2.75) is 19.8 Å². The Morgan fingerprint density at radius 2 is 2.62 bits per heavy atom. The smallest absolute Gasteiger partial charge is 0.0975 e. The highest BCUT2D eigenvalue weighted by Gasteiger charge is 2.22. The molecule has 0 aromatic rings. The lowest BCUT2D eigenvalue weighted by molar-refractivity contribution is 0.0454. The third kappa shape index (κ3) is 0.857. The van der Waals surface area contributed by atoms with Crippen molar-refractivity contribution in [1.29, 1.82) is 0 Å². The zero-order chi connectivity index (χ0) is 5.98. The normalized spacial score (nSPS) is 26.6. The fourth-order valence-electron chi connectivity index (χ4n) is 0.912. The van der Waals surface area contributed by atoms with E-state index in [2.05, 4.69) is 13.5 Å². The number of ether oxygens (including phenoxy) is 1. The molecule has 46 valence electrons. The topological polar surface area (TPSA) is 9.23 Å². The van der Waals surface area contributed by atoms with Crippen molar-refractivity contribution in [2.24, 2.45) is 5.92 Å². The van der Waals surface area contributed by atoms with Gasteiger partial charge in [-0.1, -0.05) is 19.9 Å². The second-order valence-electron chi connectivity index (χ2n) is 2.26. The van der Waals surface area contributed by atoms with Crippen LogP contribution in [-0.4, -0.2) is 6.61 Å². The first-order chi connectivity index (χ1) is 3.84. The molecule has 0 N–H and O–H groups in total. The summed E-state index contributed by atoms with van der Waals surface area (Å²) in [5.74, 6) is 1.67. The second-order valence-corrected chi connectivity index (χ2v) is 2.26. The average Bonchev–Trinajstić information content (AvgIpc) is 1.79. The summed E-state index contributed by atoms with van der Waals surface area (Å²) in [6.45, 7) is 6.83. The zero-order valence-corrected chi connectivity index (χ0v) is 5.31. The number of hydrogen-bond acceptors (Lipinski definition) is 1. The largest absolute Gasteiger partial charge is 0.497 e. The lowest BCUT2D eigenvalue weighted by Crippen LogP contribution is -2.23. The molecule has 0 spiro atoms. The summed E-state index contributed by atoms with van der Waals surface area (Å²) >= 11 is 0.